The number of amides is 1. The molecule has 1 fully saturated rings. The number of hydrogen-bond donors (Lipinski definition) is 1. The van der Waals surface area contributed by atoms with Crippen LogP contribution >= 0.6 is 0 Å². The van der Waals surface area contributed by atoms with E-state index < -0.39 is 0 Å². The number of fused-ring (bicyclic) bond motifs is 4. The molecule has 6 rings (SSSR count). The first kappa shape index (κ1) is 21.3. The lowest BCUT2D eigenvalue weighted by Gasteiger charge is -2.35. The summed E-state index contributed by atoms with van der Waals surface area (Å²) >= 11 is 0. The largest absolute Gasteiger partial charge is 0.396 e. The van der Waals surface area contributed by atoms with Crippen molar-refractivity contribution in [3.8, 4) is 11.1 Å². The molecule has 1 amide bonds. The van der Waals surface area contributed by atoms with E-state index >= 15 is 0 Å². The van der Waals surface area contributed by atoms with E-state index in [1.807, 2.05) is 71.1 Å². The fourth-order valence-electron chi connectivity index (χ4n) is 6.46. The number of aliphatic hydroxyl groups is 1. The second-order valence-corrected chi connectivity index (χ2v) is 9.80. The molecule has 2 aromatic carbocycles. The summed E-state index contributed by atoms with van der Waals surface area (Å²) in [4.78, 5) is 31.2. The van der Waals surface area contributed by atoms with Crippen LogP contribution in [0.25, 0.3) is 11.1 Å². The topological polar surface area (TPSA) is 65.8 Å². The van der Waals surface area contributed by atoms with Crippen LogP contribution in [0.5, 0.6) is 0 Å². The lowest BCUT2D eigenvalue weighted by Crippen LogP contribution is -2.50. The Hall–Kier alpha value is -3.22. The summed E-state index contributed by atoms with van der Waals surface area (Å²) in [7, 11) is 1.97. The van der Waals surface area contributed by atoms with E-state index in [-0.39, 0.29) is 42.0 Å². The zero-order valence-corrected chi connectivity index (χ0v) is 19.3. The lowest BCUT2D eigenvalue weighted by molar-refractivity contribution is -0.138. The van der Waals surface area contributed by atoms with Crippen LogP contribution in [0.2, 0.25) is 0 Å². The third-order valence-electron chi connectivity index (χ3n) is 8.13. The third-order valence-corrected chi connectivity index (χ3v) is 8.13. The van der Waals surface area contributed by atoms with Gasteiger partial charge in [-0.05, 0) is 42.3 Å². The van der Waals surface area contributed by atoms with Gasteiger partial charge < -0.3 is 14.6 Å². The quantitative estimate of drug-likeness (QED) is 0.660. The van der Waals surface area contributed by atoms with Gasteiger partial charge in [0.1, 0.15) is 0 Å². The molecule has 0 spiro atoms. The number of carbonyl (C=O) groups is 1. The molecule has 6 heteroatoms. The van der Waals surface area contributed by atoms with Crippen LogP contribution < -0.4 is 5.56 Å². The molecule has 34 heavy (non-hydrogen) atoms. The average molecular weight is 456 g/mol. The van der Waals surface area contributed by atoms with Gasteiger partial charge >= 0.3 is 0 Å². The molecule has 0 saturated carbocycles. The molecule has 1 saturated heterocycles. The molecule has 4 atom stereocenters. The number of aliphatic hydroxyl groups excluding tert-OH is 1. The Morgan fingerprint density at radius 1 is 1.00 bits per heavy atom. The Labute approximate surface area is 199 Å². The van der Waals surface area contributed by atoms with E-state index in [0.29, 0.717) is 25.2 Å². The van der Waals surface area contributed by atoms with Crippen LogP contribution in [0.4, 0.5) is 0 Å². The van der Waals surface area contributed by atoms with Gasteiger partial charge in [0, 0.05) is 49.3 Å². The van der Waals surface area contributed by atoms with Gasteiger partial charge in [0.15, 0.2) is 0 Å². The number of benzene rings is 2. The van der Waals surface area contributed by atoms with Gasteiger partial charge in [-0.1, -0.05) is 54.6 Å². The maximum Gasteiger partial charge on any atom is 0.258 e. The van der Waals surface area contributed by atoms with Crippen LogP contribution in [0, 0.1) is 11.8 Å². The normalized spacial score (nSPS) is 25.6. The van der Waals surface area contributed by atoms with Crippen molar-refractivity contribution in [1.82, 2.24) is 14.4 Å². The molecule has 6 nitrogen and oxygen atoms in total. The molecule has 1 aromatic heterocycles. The summed E-state index contributed by atoms with van der Waals surface area (Å²) in [5, 5.41) is 10.4. The Morgan fingerprint density at radius 3 is 2.50 bits per heavy atom. The molecule has 0 aliphatic carbocycles. The molecule has 0 unspecified atom stereocenters. The highest BCUT2D eigenvalue weighted by Gasteiger charge is 2.55. The van der Waals surface area contributed by atoms with Crippen molar-refractivity contribution in [2.24, 2.45) is 11.8 Å². The van der Waals surface area contributed by atoms with E-state index in [1.54, 1.807) is 0 Å². The average Bonchev–Trinajstić information content (AvgIpc) is 3.39. The van der Waals surface area contributed by atoms with E-state index in [9.17, 15) is 14.7 Å². The van der Waals surface area contributed by atoms with Gasteiger partial charge in [-0.3, -0.25) is 14.5 Å². The highest BCUT2D eigenvalue weighted by Crippen LogP contribution is 2.48. The molecular weight excluding hydrogens is 426 g/mol. The van der Waals surface area contributed by atoms with Crippen molar-refractivity contribution in [2.45, 2.75) is 31.6 Å². The molecule has 1 N–H and O–H groups in total. The number of aromatic nitrogens is 1. The predicted molar refractivity (Wildman–Crippen MR) is 130 cm³/mol. The van der Waals surface area contributed by atoms with Crippen molar-refractivity contribution in [3.63, 3.8) is 0 Å². The number of rotatable bonds is 3. The maximum atomic E-state index is 13.7. The summed E-state index contributed by atoms with van der Waals surface area (Å²) < 4.78 is 1.86. The summed E-state index contributed by atoms with van der Waals surface area (Å²) in [5.41, 5.74) is 5.05. The molecule has 3 aromatic rings. The second kappa shape index (κ2) is 8.22. The lowest BCUT2D eigenvalue weighted by atomic mass is 9.87. The minimum Gasteiger partial charge on any atom is -0.396 e. The highest BCUT2D eigenvalue weighted by atomic mass is 16.3. The minimum atomic E-state index is -0.386. The monoisotopic (exact) mass is 455 g/mol. The first-order chi connectivity index (χ1) is 16.6. The van der Waals surface area contributed by atoms with E-state index in [4.69, 9.17) is 0 Å². The standard InChI is InChI=1S/C28H29N3O3/c1-29-25-22(16-31-24(25)12-11-21(27(31)33)19-8-3-2-4-9-19)23(17-32)26(29)28(34)30-14-13-18-7-5-6-10-20(18)15-30/h2-12,22-23,25-26,32H,13-17H2,1H3/t22-,23-,25+,26-/m0/s1. The third kappa shape index (κ3) is 3.16. The maximum absolute atomic E-state index is 13.7. The number of pyridine rings is 1. The van der Waals surface area contributed by atoms with Crippen molar-refractivity contribution < 1.29 is 9.90 Å². The fourth-order valence-corrected chi connectivity index (χ4v) is 6.46. The van der Waals surface area contributed by atoms with Gasteiger partial charge in [0.05, 0.1) is 12.1 Å². The van der Waals surface area contributed by atoms with Gasteiger partial charge in [-0.25, -0.2) is 0 Å². The second-order valence-electron chi connectivity index (χ2n) is 9.80. The number of nitrogens with zero attached hydrogens (tertiary/aromatic N) is 3. The molecule has 4 heterocycles. The van der Waals surface area contributed by atoms with Crippen molar-refractivity contribution >= 4 is 5.91 Å². The number of likely N-dealkylation sites (N-methyl/N-ethyl adjacent to an activating group) is 1. The SMILES string of the molecule is CN1[C@H](C(=O)N2CCc3ccccc3C2)[C@@H](CO)[C@@H]2Cn3c(ccc(-c4ccccc4)c3=O)[C@@H]21. The van der Waals surface area contributed by atoms with Gasteiger partial charge in [-0.15, -0.1) is 0 Å². The van der Waals surface area contributed by atoms with Crippen LogP contribution in [0.3, 0.4) is 0 Å². The summed E-state index contributed by atoms with van der Waals surface area (Å²) in [6.45, 7) is 1.77. The van der Waals surface area contributed by atoms with Crippen LogP contribution in [-0.2, 0) is 24.3 Å². The smallest absolute Gasteiger partial charge is 0.258 e. The van der Waals surface area contributed by atoms with E-state index in [0.717, 1.165) is 17.7 Å². The first-order valence-electron chi connectivity index (χ1n) is 12.1. The fraction of sp³-hybridized carbons (Fsp3) is 0.357. The van der Waals surface area contributed by atoms with Crippen LogP contribution in [0.15, 0.2) is 71.5 Å². The minimum absolute atomic E-state index is 0.00120. The zero-order chi connectivity index (χ0) is 23.4. The van der Waals surface area contributed by atoms with Crippen LogP contribution in [0.1, 0.15) is 22.9 Å². The Bertz CT molecular complexity index is 1300. The summed E-state index contributed by atoms with van der Waals surface area (Å²) in [5.74, 6) is -0.0980. The van der Waals surface area contributed by atoms with Gasteiger partial charge in [0.25, 0.3) is 5.56 Å². The zero-order valence-electron chi connectivity index (χ0n) is 19.3. The van der Waals surface area contributed by atoms with Crippen molar-refractivity contribution in [2.75, 3.05) is 20.2 Å². The number of hydrogen-bond acceptors (Lipinski definition) is 4. The molecule has 3 aliphatic heterocycles. The molecule has 0 bridgehead atoms. The number of likely N-dealkylation sites (tertiary alicyclic amines) is 1. The highest BCUT2D eigenvalue weighted by molar-refractivity contribution is 5.83. The Balaban J connectivity index is 1.31. The Morgan fingerprint density at radius 2 is 1.74 bits per heavy atom. The molecule has 174 valence electrons. The predicted octanol–water partition coefficient (Wildman–Crippen LogP) is 2.69. The van der Waals surface area contributed by atoms with Crippen molar-refractivity contribution in [1.29, 1.82) is 0 Å². The van der Waals surface area contributed by atoms with Gasteiger partial charge in [0.2, 0.25) is 5.91 Å². The number of carbonyl (C=O) groups excluding carboxylic acids is 1. The summed E-state index contributed by atoms with van der Waals surface area (Å²) in [6, 6.07) is 21.5. The van der Waals surface area contributed by atoms with E-state index in [2.05, 4.69) is 17.0 Å². The summed E-state index contributed by atoms with van der Waals surface area (Å²) in [6.07, 6.45) is 0.857. The molecule has 0 radical (unpaired) electrons. The van der Waals surface area contributed by atoms with Crippen LogP contribution in [-0.4, -0.2) is 51.6 Å². The van der Waals surface area contributed by atoms with Gasteiger partial charge in [-0.2, -0.15) is 0 Å². The Kier molecular flexibility index (Phi) is 5.15. The van der Waals surface area contributed by atoms with E-state index in [1.165, 1.54) is 11.1 Å². The molecule has 3 aliphatic rings. The van der Waals surface area contributed by atoms with Crippen molar-refractivity contribution in [3.05, 3.63) is 93.9 Å². The first-order valence-corrected chi connectivity index (χ1v) is 12.1. The molecular formula is C28H29N3O3.